The number of carbonyl (C=O) groups excluding carboxylic acids is 1. The van der Waals surface area contributed by atoms with Crippen molar-refractivity contribution in [1.29, 1.82) is 0 Å². The number of benzene rings is 2. The van der Waals surface area contributed by atoms with Gasteiger partial charge in [-0.1, -0.05) is 54.6 Å². The fourth-order valence-electron chi connectivity index (χ4n) is 3.72. The van der Waals surface area contributed by atoms with Crippen molar-refractivity contribution in [2.24, 2.45) is 5.41 Å². The Morgan fingerprint density at radius 2 is 1.70 bits per heavy atom. The Hall–Kier alpha value is -1.93. The van der Waals surface area contributed by atoms with Gasteiger partial charge in [-0.25, -0.2) is 0 Å². The Morgan fingerprint density at radius 1 is 1.00 bits per heavy atom. The standard InChI is InChI=1S/C18H16O2/c19-16-15-9-5-4-8-14(15)11-17(12-18(16,17)20)10-13-6-2-1-3-7-13/h1-9,20H,10-12H2. The van der Waals surface area contributed by atoms with E-state index >= 15 is 0 Å². The molecule has 0 radical (unpaired) electrons. The third-order valence-electron chi connectivity index (χ3n) is 4.90. The second-order valence-electron chi connectivity index (χ2n) is 6.14. The summed E-state index contributed by atoms with van der Waals surface area (Å²) in [6.07, 6.45) is 2.15. The molecule has 100 valence electrons. The summed E-state index contributed by atoms with van der Waals surface area (Å²) in [7, 11) is 0. The smallest absolute Gasteiger partial charge is 0.195 e. The Bertz CT molecular complexity index is 692. The number of fused-ring (bicyclic) bond motifs is 2. The van der Waals surface area contributed by atoms with Gasteiger partial charge in [-0.15, -0.1) is 0 Å². The molecule has 1 N–H and O–H groups in total. The van der Waals surface area contributed by atoms with E-state index in [-0.39, 0.29) is 11.2 Å². The third-order valence-corrected chi connectivity index (χ3v) is 4.90. The molecule has 2 heteroatoms. The molecule has 4 rings (SSSR count). The minimum atomic E-state index is -1.14. The number of aliphatic hydroxyl groups is 1. The molecule has 0 saturated heterocycles. The lowest BCUT2D eigenvalue weighted by atomic mass is 9.77. The summed E-state index contributed by atoms with van der Waals surface area (Å²) in [5, 5.41) is 10.7. The van der Waals surface area contributed by atoms with Gasteiger partial charge in [0.15, 0.2) is 5.78 Å². The minimum absolute atomic E-state index is 0.0877. The molecular formula is C18H16O2. The van der Waals surface area contributed by atoms with Crippen molar-refractivity contribution in [3.05, 3.63) is 71.3 Å². The van der Waals surface area contributed by atoms with Gasteiger partial charge in [0.05, 0.1) is 0 Å². The number of Topliss-reactive ketones (excluding diaryl/α,β-unsaturated/α-hetero) is 1. The van der Waals surface area contributed by atoms with Crippen LogP contribution < -0.4 is 0 Å². The Kier molecular flexibility index (Phi) is 2.25. The number of hydrogen-bond acceptors (Lipinski definition) is 2. The lowest BCUT2D eigenvalue weighted by Crippen LogP contribution is -2.37. The third kappa shape index (κ3) is 1.46. The van der Waals surface area contributed by atoms with Crippen LogP contribution in [0, 0.1) is 5.41 Å². The van der Waals surface area contributed by atoms with Crippen molar-refractivity contribution in [3.63, 3.8) is 0 Å². The lowest BCUT2D eigenvalue weighted by molar-refractivity contribution is 0.0528. The predicted octanol–water partition coefficient (Wildman–Crippen LogP) is 2.79. The van der Waals surface area contributed by atoms with Crippen LogP contribution in [0.3, 0.4) is 0 Å². The zero-order chi connectivity index (χ0) is 13.8. The van der Waals surface area contributed by atoms with Crippen LogP contribution in [0.2, 0.25) is 0 Å². The monoisotopic (exact) mass is 264 g/mol. The summed E-state index contributed by atoms with van der Waals surface area (Å²) in [6, 6.07) is 17.8. The van der Waals surface area contributed by atoms with Crippen LogP contribution >= 0.6 is 0 Å². The van der Waals surface area contributed by atoms with Crippen LogP contribution in [0.25, 0.3) is 0 Å². The van der Waals surface area contributed by atoms with Crippen LogP contribution in [0.5, 0.6) is 0 Å². The van der Waals surface area contributed by atoms with Crippen molar-refractivity contribution >= 4 is 5.78 Å². The summed E-state index contributed by atoms with van der Waals surface area (Å²) >= 11 is 0. The number of ketones is 1. The number of hydrogen-bond donors (Lipinski definition) is 1. The molecule has 0 aliphatic heterocycles. The molecular weight excluding hydrogens is 248 g/mol. The molecule has 1 fully saturated rings. The molecule has 1 saturated carbocycles. The van der Waals surface area contributed by atoms with Crippen LogP contribution in [0.4, 0.5) is 0 Å². The highest BCUT2D eigenvalue weighted by molar-refractivity contribution is 6.08. The number of carbonyl (C=O) groups is 1. The maximum atomic E-state index is 12.5. The molecule has 0 bridgehead atoms. The molecule has 2 nitrogen and oxygen atoms in total. The highest BCUT2D eigenvalue weighted by atomic mass is 16.3. The molecule has 2 aromatic carbocycles. The lowest BCUT2D eigenvalue weighted by Gasteiger charge is -2.28. The van der Waals surface area contributed by atoms with E-state index in [2.05, 4.69) is 12.1 Å². The van der Waals surface area contributed by atoms with E-state index in [9.17, 15) is 9.90 Å². The highest BCUT2D eigenvalue weighted by Crippen LogP contribution is 2.64. The van der Waals surface area contributed by atoms with Crippen LogP contribution in [-0.4, -0.2) is 16.5 Å². The first-order valence-electron chi connectivity index (χ1n) is 7.04. The first-order valence-corrected chi connectivity index (χ1v) is 7.04. The first kappa shape index (κ1) is 11.9. The summed E-state index contributed by atoms with van der Waals surface area (Å²) < 4.78 is 0. The predicted molar refractivity (Wildman–Crippen MR) is 76.6 cm³/mol. The molecule has 2 aliphatic rings. The maximum Gasteiger partial charge on any atom is 0.195 e. The minimum Gasteiger partial charge on any atom is -0.381 e. The van der Waals surface area contributed by atoms with Gasteiger partial charge in [0.25, 0.3) is 0 Å². The van der Waals surface area contributed by atoms with E-state index in [0.29, 0.717) is 12.0 Å². The van der Waals surface area contributed by atoms with E-state index in [1.165, 1.54) is 5.56 Å². The van der Waals surface area contributed by atoms with Gasteiger partial charge in [-0.3, -0.25) is 4.79 Å². The summed E-state index contributed by atoms with van der Waals surface area (Å²) in [6.45, 7) is 0. The molecule has 2 atom stereocenters. The zero-order valence-electron chi connectivity index (χ0n) is 11.2. The molecule has 0 amide bonds. The SMILES string of the molecule is O=C1c2ccccc2CC2(Cc3ccccc3)CC12O. The maximum absolute atomic E-state index is 12.5. The van der Waals surface area contributed by atoms with Crippen LogP contribution in [0.15, 0.2) is 54.6 Å². The molecule has 2 unspecified atom stereocenters. The Labute approximate surface area is 118 Å². The second-order valence-corrected chi connectivity index (χ2v) is 6.14. The van der Waals surface area contributed by atoms with Gasteiger partial charge in [-0.2, -0.15) is 0 Å². The van der Waals surface area contributed by atoms with Crippen molar-refractivity contribution in [2.75, 3.05) is 0 Å². The number of rotatable bonds is 2. The first-order chi connectivity index (χ1) is 9.65. The Morgan fingerprint density at radius 3 is 2.50 bits per heavy atom. The van der Waals surface area contributed by atoms with E-state index < -0.39 is 5.60 Å². The van der Waals surface area contributed by atoms with E-state index in [0.717, 1.165) is 18.4 Å². The second kappa shape index (κ2) is 3.80. The fourth-order valence-corrected chi connectivity index (χ4v) is 3.72. The van der Waals surface area contributed by atoms with Gasteiger partial charge in [0, 0.05) is 11.0 Å². The van der Waals surface area contributed by atoms with Gasteiger partial charge >= 0.3 is 0 Å². The van der Waals surface area contributed by atoms with E-state index in [4.69, 9.17) is 0 Å². The van der Waals surface area contributed by atoms with Gasteiger partial charge in [0.1, 0.15) is 5.60 Å². The quantitative estimate of drug-likeness (QED) is 0.905. The molecule has 2 aliphatic carbocycles. The molecule has 2 aromatic rings. The average molecular weight is 264 g/mol. The summed E-state index contributed by atoms with van der Waals surface area (Å²) in [4.78, 5) is 12.5. The molecule has 0 aromatic heterocycles. The molecule has 0 spiro atoms. The van der Waals surface area contributed by atoms with Crippen LogP contribution in [0.1, 0.15) is 27.9 Å². The average Bonchev–Trinajstić information content (AvgIpc) is 3.06. The topological polar surface area (TPSA) is 37.3 Å². The fraction of sp³-hybridized carbons (Fsp3) is 0.278. The van der Waals surface area contributed by atoms with Crippen molar-refractivity contribution in [1.82, 2.24) is 0 Å². The van der Waals surface area contributed by atoms with Gasteiger partial charge in [-0.05, 0) is 30.4 Å². The largest absolute Gasteiger partial charge is 0.381 e. The van der Waals surface area contributed by atoms with E-state index in [1.807, 2.05) is 42.5 Å². The van der Waals surface area contributed by atoms with Gasteiger partial charge < -0.3 is 5.11 Å². The summed E-state index contributed by atoms with van der Waals surface area (Å²) in [5.74, 6) is -0.0877. The van der Waals surface area contributed by atoms with Gasteiger partial charge in [0.2, 0.25) is 0 Å². The highest BCUT2D eigenvalue weighted by Gasteiger charge is 2.72. The summed E-state index contributed by atoms with van der Waals surface area (Å²) in [5.41, 5.74) is 1.54. The Balaban J connectivity index is 1.74. The van der Waals surface area contributed by atoms with Crippen molar-refractivity contribution in [3.8, 4) is 0 Å². The van der Waals surface area contributed by atoms with E-state index in [1.54, 1.807) is 0 Å². The normalized spacial score (nSPS) is 30.6. The van der Waals surface area contributed by atoms with Crippen LogP contribution in [-0.2, 0) is 12.8 Å². The molecule has 20 heavy (non-hydrogen) atoms. The van der Waals surface area contributed by atoms with Crippen molar-refractivity contribution in [2.45, 2.75) is 24.9 Å². The van der Waals surface area contributed by atoms with Crippen molar-refractivity contribution < 1.29 is 9.90 Å². The zero-order valence-corrected chi connectivity index (χ0v) is 11.2. The molecule has 0 heterocycles.